The van der Waals surface area contributed by atoms with E-state index < -0.39 is 0 Å². The molecule has 6 aliphatic rings. The minimum absolute atomic E-state index is 0.194. The van der Waals surface area contributed by atoms with Crippen LogP contribution in [0.3, 0.4) is 0 Å². The van der Waals surface area contributed by atoms with Crippen LogP contribution in [0.5, 0.6) is 5.75 Å². The van der Waals surface area contributed by atoms with Crippen molar-refractivity contribution in [3.05, 3.63) is 59.5 Å². The van der Waals surface area contributed by atoms with Gasteiger partial charge in [0.05, 0.1) is 11.4 Å². The fourth-order valence-corrected chi connectivity index (χ4v) is 7.02. The molecule has 1 aromatic carbocycles. The predicted octanol–water partition coefficient (Wildman–Crippen LogP) is 1.81. The Kier molecular flexibility index (Phi) is 5.81. The molecule has 1 amide bonds. The molecule has 3 fully saturated rings. The van der Waals surface area contributed by atoms with Gasteiger partial charge in [-0.1, -0.05) is 18.2 Å². The number of nitrogens with one attached hydrogen (secondary N) is 2. The van der Waals surface area contributed by atoms with Gasteiger partial charge in [0.15, 0.2) is 11.9 Å². The number of fused-ring (bicyclic) bond motifs is 3. The van der Waals surface area contributed by atoms with Gasteiger partial charge in [-0.2, -0.15) is 0 Å². The van der Waals surface area contributed by atoms with Crippen LogP contribution in [0, 0.1) is 5.92 Å². The number of ketones is 1. The van der Waals surface area contributed by atoms with Crippen LogP contribution in [0.1, 0.15) is 25.7 Å². The summed E-state index contributed by atoms with van der Waals surface area (Å²) in [5, 5.41) is 6.69. The molecule has 1 aliphatic carbocycles. The second-order valence-electron chi connectivity index (χ2n) is 11.1. The Labute approximate surface area is 218 Å². The van der Waals surface area contributed by atoms with Gasteiger partial charge < -0.3 is 30.1 Å². The molecule has 5 heterocycles. The highest BCUT2D eigenvalue weighted by Gasteiger charge is 2.49. The highest BCUT2D eigenvalue weighted by Crippen LogP contribution is 2.45. The molecule has 4 atom stereocenters. The maximum atomic E-state index is 13.7. The van der Waals surface area contributed by atoms with Crippen molar-refractivity contribution in [2.75, 3.05) is 50.7 Å². The lowest BCUT2D eigenvalue weighted by Gasteiger charge is -2.48. The number of amides is 1. The van der Waals surface area contributed by atoms with E-state index in [-0.39, 0.29) is 29.4 Å². The Morgan fingerprint density at radius 2 is 1.97 bits per heavy atom. The standard InChI is InChI=1S/C29H35N5O3/c35-27-20-9-10-24(33-16-19-6-5-11-30-22(19)18-33)28-26(20)34(23-7-1-2-8-25(23)37-28)17-21(27)29(36)31-12-15-32-13-3-4-14-32/h1-2,7-10,17,19,22,26,28,30H,3-6,11-16,18H2,(H,31,36). The first-order chi connectivity index (χ1) is 18.2. The van der Waals surface area contributed by atoms with Crippen molar-refractivity contribution in [2.24, 2.45) is 5.92 Å². The summed E-state index contributed by atoms with van der Waals surface area (Å²) in [7, 11) is 0. The van der Waals surface area contributed by atoms with E-state index in [0.717, 1.165) is 56.4 Å². The van der Waals surface area contributed by atoms with E-state index in [0.29, 0.717) is 24.1 Å². The Balaban J connectivity index is 1.19. The lowest BCUT2D eigenvalue weighted by atomic mass is 9.82. The fraction of sp³-hybridized carbons (Fsp3) is 0.517. The number of carbonyl (C=O) groups is 2. The molecule has 2 N–H and O–H groups in total. The Morgan fingerprint density at radius 3 is 2.84 bits per heavy atom. The molecule has 0 radical (unpaired) electrons. The van der Waals surface area contributed by atoms with Crippen molar-refractivity contribution >= 4 is 17.4 Å². The number of benzene rings is 1. The second-order valence-corrected chi connectivity index (χ2v) is 11.1. The molecule has 0 saturated carbocycles. The monoisotopic (exact) mass is 501 g/mol. The minimum Gasteiger partial charge on any atom is -0.479 e. The number of piperidine rings is 1. The number of rotatable bonds is 5. The van der Waals surface area contributed by atoms with Crippen molar-refractivity contribution in [2.45, 2.75) is 43.9 Å². The first-order valence-corrected chi connectivity index (χ1v) is 13.9. The summed E-state index contributed by atoms with van der Waals surface area (Å²) in [6.45, 7) is 6.59. The molecule has 37 heavy (non-hydrogen) atoms. The highest BCUT2D eigenvalue weighted by atomic mass is 16.5. The molecule has 3 saturated heterocycles. The van der Waals surface area contributed by atoms with Gasteiger partial charge in [-0.15, -0.1) is 0 Å². The van der Waals surface area contributed by atoms with E-state index in [2.05, 4.69) is 31.4 Å². The summed E-state index contributed by atoms with van der Waals surface area (Å²) >= 11 is 0. The van der Waals surface area contributed by atoms with Crippen molar-refractivity contribution in [1.82, 2.24) is 20.4 Å². The van der Waals surface area contributed by atoms with Gasteiger partial charge in [0.25, 0.3) is 5.91 Å². The molecule has 4 unspecified atom stereocenters. The maximum absolute atomic E-state index is 13.7. The first-order valence-electron chi connectivity index (χ1n) is 13.9. The molecular formula is C29H35N5O3. The SMILES string of the molecule is O=C(NCCN1CCCC1)C1=CN2c3ccccc3OC3C(N4CC5CCCNC5C4)=CC=C(C1=O)C32. The number of para-hydroxylation sites is 2. The molecule has 0 bridgehead atoms. The van der Waals surface area contributed by atoms with Crippen molar-refractivity contribution in [1.29, 1.82) is 0 Å². The van der Waals surface area contributed by atoms with Crippen LogP contribution in [0.4, 0.5) is 5.69 Å². The van der Waals surface area contributed by atoms with Gasteiger partial charge in [-0.25, -0.2) is 0 Å². The smallest absolute Gasteiger partial charge is 0.256 e. The summed E-state index contributed by atoms with van der Waals surface area (Å²) in [6.07, 6.45) is 10.4. The number of allylic oxidation sites excluding steroid dienone is 2. The van der Waals surface area contributed by atoms with Crippen LogP contribution in [-0.4, -0.2) is 85.5 Å². The van der Waals surface area contributed by atoms with Gasteiger partial charge in [-0.3, -0.25) is 9.59 Å². The maximum Gasteiger partial charge on any atom is 0.256 e. The van der Waals surface area contributed by atoms with Crippen molar-refractivity contribution in [3.63, 3.8) is 0 Å². The highest BCUT2D eigenvalue weighted by molar-refractivity contribution is 6.27. The van der Waals surface area contributed by atoms with E-state index in [1.54, 1.807) is 6.20 Å². The molecule has 0 aromatic heterocycles. The van der Waals surface area contributed by atoms with Gasteiger partial charge >= 0.3 is 0 Å². The summed E-state index contributed by atoms with van der Waals surface area (Å²) in [5.41, 5.74) is 2.85. The zero-order chi connectivity index (χ0) is 24.9. The number of hydrogen-bond donors (Lipinski definition) is 2. The number of carbonyl (C=O) groups excluding carboxylic acids is 2. The molecule has 1 aromatic rings. The Morgan fingerprint density at radius 1 is 1.11 bits per heavy atom. The van der Waals surface area contributed by atoms with E-state index >= 15 is 0 Å². The van der Waals surface area contributed by atoms with Gasteiger partial charge in [0, 0.05) is 44.0 Å². The molecule has 5 aliphatic heterocycles. The third-order valence-electron chi connectivity index (χ3n) is 8.92. The fourth-order valence-electron chi connectivity index (χ4n) is 7.02. The largest absolute Gasteiger partial charge is 0.479 e. The van der Waals surface area contributed by atoms with Crippen LogP contribution in [-0.2, 0) is 9.59 Å². The Hall–Kier alpha value is -3.10. The van der Waals surface area contributed by atoms with Crippen LogP contribution in [0.15, 0.2) is 59.5 Å². The van der Waals surface area contributed by atoms with Crippen LogP contribution in [0.25, 0.3) is 0 Å². The lowest BCUT2D eigenvalue weighted by Crippen LogP contribution is -2.57. The van der Waals surface area contributed by atoms with Gasteiger partial charge in [-0.05, 0) is 69.4 Å². The number of likely N-dealkylation sites (tertiary alicyclic amines) is 2. The average molecular weight is 502 g/mol. The summed E-state index contributed by atoms with van der Waals surface area (Å²) < 4.78 is 6.62. The molecule has 7 rings (SSSR count). The zero-order valence-electron chi connectivity index (χ0n) is 21.2. The van der Waals surface area contributed by atoms with Crippen molar-refractivity contribution < 1.29 is 14.3 Å². The molecule has 8 nitrogen and oxygen atoms in total. The first kappa shape index (κ1) is 23.0. The third kappa shape index (κ3) is 3.97. The van der Waals surface area contributed by atoms with E-state index in [4.69, 9.17) is 4.74 Å². The van der Waals surface area contributed by atoms with Crippen molar-refractivity contribution in [3.8, 4) is 5.75 Å². The predicted molar refractivity (Wildman–Crippen MR) is 141 cm³/mol. The zero-order valence-corrected chi connectivity index (χ0v) is 21.2. The number of ether oxygens (including phenoxy) is 1. The summed E-state index contributed by atoms with van der Waals surface area (Å²) in [6, 6.07) is 8.16. The van der Waals surface area contributed by atoms with Crippen LogP contribution >= 0.6 is 0 Å². The summed E-state index contributed by atoms with van der Waals surface area (Å²) in [5.74, 6) is 0.939. The van der Waals surface area contributed by atoms with E-state index in [1.807, 2.05) is 30.3 Å². The topological polar surface area (TPSA) is 77.2 Å². The quantitative estimate of drug-likeness (QED) is 0.596. The number of hydrogen-bond acceptors (Lipinski definition) is 7. The van der Waals surface area contributed by atoms with E-state index in [9.17, 15) is 9.59 Å². The second kappa shape index (κ2) is 9.33. The number of anilines is 1. The van der Waals surface area contributed by atoms with Gasteiger partial charge in [0.2, 0.25) is 0 Å². The van der Waals surface area contributed by atoms with Crippen LogP contribution in [0.2, 0.25) is 0 Å². The molecule has 8 heteroatoms. The number of Topliss-reactive ketones (excluding diaryl/α,β-unsaturated/α-hetero) is 1. The molecule has 0 spiro atoms. The van der Waals surface area contributed by atoms with Gasteiger partial charge in [0.1, 0.15) is 17.4 Å². The Bertz CT molecular complexity index is 1190. The lowest BCUT2D eigenvalue weighted by molar-refractivity contribution is -0.121. The number of nitrogens with zero attached hydrogens (tertiary/aromatic N) is 3. The van der Waals surface area contributed by atoms with E-state index in [1.165, 1.54) is 25.7 Å². The normalized spacial score (nSPS) is 30.5. The third-order valence-corrected chi connectivity index (χ3v) is 8.92. The minimum atomic E-state index is -0.298. The summed E-state index contributed by atoms with van der Waals surface area (Å²) in [4.78, 5) is 33.8. The average Bonchev–Trinajstić information content (AvgIpc) is 3.60. The molecular weight excluding hydrogens is 466 g/mol. The molecule has 194 valence electrons. The van der Waals surface area contributed by atoms with Crippen LogP contribution < -0.4 is 20.3 Å².